The van der Waals surface area contributed by atoms with Crippen LogP contribution in [0.3, 0.4) is 0 Å². The number of ketones is 1. The normalized spacial score (nSPS) is 17.8. The molecule has 1 unspecified atom stereocenters. The highest BCUT2D eigenvalue weighted by Gasteiger charge is 2.34. The largest absolute Gasteiger partial charge is 0.488 e. The number of fused-ring (bicyclic) bond motifs is 1. The zero-order valence-electron chi connectivity index (χ0n) is 21.4. The van der Waals surface area contributed by atoms with Gasteiger partial charge in [0.15, 0.2) is 5.78 Å². The summed E-state index contributed by atoms with van der Waals surface area (Å²) in [4.78, 5) is 25.6. The highest BCUT2D eigenvalue weighted by atomic mass is 32.2. The Morgan fingerprint density at radius 3 is 2.65 bits per heavy atom. The first-order valence-electron chi connectivity index (χ1n) is 12.2. The van der Waals surface area contributed by atoms with Gasteiger partial charge in [-0.2, -0.15) is 4.31 Å². The Morgan fingerprint density at radius 1 is 1.19 bits per heavy atom. The van der Waals surface area contributed by atoms with Crippen molar-refractivity contribution < 1.29 is 27.5 Å². The van der Waals surface area contributed by atoms with Crippen LogP contribution in [0.5, 0.6) is 5.75 Å². The molecule has 1 aliphatic rings. The maximum atomic E-state index is 13.7. The van der Waals surface area contributed by atoms with Gasteiger partial charge in [-0.25, -0.2) is 8.42 Å². The minimum absolute atomic E-state index is 0.0704. The average Bonchev–Trinajstić information content (AvgIpc) is 3.34. The number of aryl methyl sites for hydroxylation is 1. The Bertz CT molecular complexity index is 1410. The van der Waals surface area contributed by atoms with Crippen molar-refractivity contribution in [1.82, 2.24) is 4.31 Å². The van der Waals surface area contributed by atoms with Crippen LogP contribution in [0.15, 0.2) is 58.8 Å². The molecule has 2 heterocycles. The molecule has 196 valence electrons. The SMILES string of the molecule is CC[C@@H]1CN(Cc2cc(C(CC(=O)OC)c3sccc3C(C)=O)ccc2C)S(=O)(=O)c2ccccc2O1. The van der Waals surface area contributed by atoms with Crippen molar-refractivity contribution in [3.8, 4) is 5.75 Å². The van der Waals surface area contributed by atoms with Crippen LogP contribution in [0.2, 0.25) is 0 Å². The lowest BCUT2D eigenvalue weighted by atomic mass is 9.89. The number of nitrogens with zero attached hydrogens (tertiary/aromatic N) is 1. The van der Waals surface area contributed by atoms with Crippen molar-refractivity contribution in [3.63, 3.8) is 0 Å². The number of carbonyl (C=O) groups is 2. The highest BCUT2D eigenvalue weighted by molar-refractivity contribution is 7.89. The second-order valence-corrected chi connectivity index (χ2v) is 12.0. The van der Waals surface area contributed by atoms with Gasteiger partial charge in [-0.15, -0.1) is 11.3 Å². The van der Waals surface area contributed by atoms with Crippen LogP contribution in [0.1, 0.15) is 64.5 Å². The van der Waals surface area contributed by atoms with Crippen LogP contribution in [-0.4, -0.2) is 44.2 Å². The molecule has 2 aromatic carbocycles. The van der Waals surface area contributed by atoms with E-state index in [9.17, 15) is 18.0 Å². The Hall–Kier alpha value is -3.01. The van der Waals surface area contributed by atoms with Crippen molar-refractivity contribution in [1.29, 1.82) is 0 Å². The Labute approximate surface area is 222 Å². The molecule has 0 N–H and O–H groups in total. The molecule has 0 amide bonds. The second kappa shape index (κ2) is 11.2. The number of hydrogen-bond donors (Lipinski definition) is 0. The van der Waals surface area contributed by atoms with Crippen molar-refractivity contribution in [2.45, 2.75) is 57.1 Å². The van der Waals surface area contributed by atoms with Crippen molar-refractivity contribution in [2.75, 3.05) is 13.7 Å². The van der Waals surface area contributed by atoms with Gasteiger partial charge in [-0.3, -0.25) is 9.59 Å². The number of methoxy groups -OCH3 is 1. The number of sulfonamides is 1. The number of para-hydroxylation sites is 1. The van der Waals surface area contributed by atoms with Crippen molar-refractivity contribution >= 4 is 33.1 Å². The predicted octanol–water partition coefficient (Wildman–Crippen LogP) is 5.32. The monoisotopic (exact) mass is 541 g/mol. The first kappa shape index (κ1) is 27.0. The Balaban J connectivity index is 1.75. The van der Waals surface area contributed by atoms with E-state index in [0.29, 0.717) is 17.7 Å². The average molecular weight is 542 g/mol. The number of ether oxygens (including phenoxy) is 2. The third-order valence-corrected chi connectivity index (χ3v) is 9.62. The molecule has 37 heavy (non-hydrogen) atoms. The molecular formula is C28H31NO6S2. The topological polar surface area (TPSA) is 90.0 Å². The first-order valence-corrected chi connectivity index (χ1v) is 14.5. The van der Waals surface area contributed by atoms with Gasteiger partial charge in [-0.05, 0) is 60.5 Å². The van der Waals surface area contributed by atoms with Crippen LogP contribution in [-0.2, 0) is 26.1 Å². The summed E-state index contributed by atoms with van der Waals surface area (Å²) in [6, 6.07) is 14.3. The molecule has 0 spiro atoms. The standard InChI is InChI=1S/C28H31NO6S2/c1-5-22-17-29(37(32,33)26-9-7-6-8-25(26)35-22)16-21-14-20(11-10-18(21)2)24(15-27(31)34-4)28-23(19(3)30)12-13-36-28/h6-14,22,24H,5,15-17H2,1-4H3/t22-,24?/m1/s1. The van der Waals surface area contributed by atoms with Gasteiger partial charge >= 0.3 is 5.97 Å². The van der Waals surface area contributed by atoms with E-state index >= 15 is 0 Å². The van der Waals surface area contributed by atoms with E-state index in [1.54, 1.807) is 30.3 Å². The molecule has 0 aliphatic carbocycles. The van der Waals surface area contributed by atoms with Crippen LogP contribution in [0.25, 0.3) is 0 Å². The molecule has 1 aliphatic heterocycles. The van der Waals surface area contributed by atoms with Gasteiger partial charge in [0.1, 0.15) is 16.7 Å². The predicted molar refractivity (Wildman–Crippen MR) is 143 cm³/mol. The van der Waals surface area contributed by atoms with E-state index in [-0.39, 0.29) is 48.2 Å². The molecule has 4 rings (SSSR count). The maximum Gasteiger partial charge on any atom is 0.306 e. The van der Waals surface area contributed by atoms with E-state index < -0.39 is 10.0 Å². The number of thiophene rings is 1. The van der Waals surface area contributed by atoms with Crippen LogP contribution >= 0.6 is 11.3 Å². The Kier molecular flexibility index (Phi) is 8.16. The van der Waals surface area contributed by atoms with Crippen LogP contribution < -0.4 is 4.74 Å². The van der Waals surface area contributed by atoms with Gasteiger partial charge in [0.25, 0.3) is 0 Å². The van der Waals surface area contributed by atoms with Crippen LogP contribution in [0, 0.1) is 6.92 Å². The molecule has 0 saturated heterocycles. The lowest BCUT2D eigenvalue weighted by Gasteiger charge is -2.24. The number of rotatable bonds is 8. The fourth-order valence-electron chi connectivity index (χ4n) is 4.57. The van der Waals surface area contributed by atoms with E-state index in [1.165, 1.54) is 29.7 Å². The smallest absolute Gasteiger partial charge is 0.306 e. The number of carbonyl (C=O) groups excluding carboxylic acids is 2. The molecule has 7 nitrogen and oxygen atoms in total. The third kappa shape index (κ3) is 5.63. The third-order valence-electron chi connectivity index (χ3n) is 6.73. The summed E-state index contributed by atoms with van der Waals surface area (Å²) < 4.78 is 39.8. The summed E-state index contributed by atoms with van der Waals surface area (Å²) in [5, 5.41) is 1.84. The van der Waals surface area contributed by atoms with Gasteiger partial charge in [0.05, 0.1) is 20.1 Å². The number of benzene rings is 2. The summed E-state index contributed by atoms with van der Waals surface area (Å²) >= 11 is 1.43. The molecule has 1 aromatic heterocycles. The molecular weight excluding hydrogens is 510 g/mol. The number of hydrogen-bond acceptors (Lipinski definition) is 7. The quantitative estimate of drug-likeness (QED) is 0.283. The highest BCUT2D eigenvalue weighted by Crippen LogP contribution is 2.37. The molecule has 0 fully saturated rings. The maximum absolute atomic E-state index is 13.7. The van der Waals surface area contributed by atoms with Gasteiger partial charge in [0, 0.05) is 22.9 Å². The molecule has 0 bridgehead atoms. The molecule has 0 radical (unpaired) electrons. The fourth-order valence-corrected chi connectivity index (χ4v) is 7.21. The van der Waals surface area contributed by atoms with Gasteiger partial charge in [-0.1, -0.05) is 37.3 Å². The van der Waals surface area contributed by atoms with Crippen molar-refractivity contribution in [3.05, 3.63) is 81.0 Å². The van der Waals surface area contributed by atoms with E-state index in [4.69, 9.17) is 9.47 Å². The minimum atomic E-state index is -3.80. The van der Waals surface area contributed by atoms with Gasteiger partial charge in [0.2, 0.25) is 10.0 Å². The molecule has 2 atom stereocenters. The van der Waals surface area contributed by atoms with E-state index in [1.807, 2.05) is 37.4 Å². The van der Waals surface area contributed by atoms with E-state index in [2.05, 4.69) is 0 Å². The second-order valence-electron chi connectivity index (χ2n) is 9.17. The number of Topliss-reactive ketones (excluding diaryl/α,β-unsaturated/α-hetero) is 1. The zero-order chi connectivity index (χ0) is 26.7. The Morgan fingerprint density at radius 2 is 1.95 bits per heavy atom. The summed E-state index contributed by atoms with van der Waals surface area (Å²) in [5.41, 5.74) is 3.16. The summed E-state index contributed by atoms with van der Waals surface area (Å²) in [5.74, 6) is -0.475. The first-order chi connectivity index (χ1) is 17.6. The van der Waals surface area contributed by atoms with E-state index in [0.717, 1.165) is 21.6 Å². The minimum Gasteiger partial charge on any atom is -0.488 e. The van der Waals surface area contributed by atoms with Crippen molar-refractivity contribution in [2.24, 2.45) is 0 Å². The summed E-state index contributed by atoms with van der Waals surface area (Å²) in [6.07, 6.45) is 0.450. The lowest BCUT2D eigenvalue weighted by Crippen LogP contribution is -2.36. The summed E-state index contributed by atoms with van der Waals surface area (Å²) in [6.45, 7) is 5.80. The number of esters is 1. The van der Waals surface area contributed by atoms with Crippen LogP contribution in [0.4, 0.5) is 0 Å². The molecule has 9 heteroatoms. The summed E-state index contributed by atoms with van der Waals surface area (Å²) in [7, 11) is -2.46. The lowest BCUT2D eigenvalue weighted by molar-refractivity contribution is -0.140. The zero-order valence-corrected chi connectivity index (χ0v) is 23.0. The fraction of sp³-hybridized carbons (Fsp3) is 0.357. The van der Waals surface area contributed by atoms with Gasteiger partial charge < -0.3 is 9.47 Å². The molecule has 0 saturated carbocycles. The molecule has 3 aromatic rings.